The molecule has 8 heteroatoms. The van der Waals surface area contributed by atoms with Gasteiger partial charge in [-0.1, -0.05) is 40.9 Å². The van der Waals surface area contributed by atoms with E-state index in [4.69, 9.17) is 23.2 Å². The highest BCUT2D eigenvalue weighted by atomic mass is 35.5. The van der Waals surface area contributed by atoms with E-state index in [2.05, 4.69) is 5.32 Å². The van der Waals surface area contributed by atoms with Gasteiger partial charge in [0.25, 0.3) is 0 Å². The molecular weight excluding hydrogens is 395 g/mol. The van der Waals surface area contributed by atoms with E-state index >= 15 is 0 Å². The number of halogens is 2. The predicted octanol–water partition coefficient (Wildman–Crippen LogP) is 4.32. The normalized spacial score (nSPS) is 11.3. The number of amides is 1. The van der Waals surface area contributed by atoms with Crippen LogP contribution in [0, 0.1) is 20.8 Å². The first-order valence-corrected chi connectivity index (χ1v) is 10.4. The van der Waals surface area contributed by atoms with Crippen LogP contribution < -0.4 is 9.62 Å². The first-order valence-electron chi connectivity index (χ1n) is 7.79. The quantitative estimate of drug-likeness (QED) is 0.791. The van der Waals surface area contributed by atoms with Crippen molar-refractivity contribution in [3.05, 3.63) is 57.1 Å². The fourth-order valence-electron chi connectivity index (χ4n) is 2.77. The van der Waals surface area contributed by atoms with Crippen LogP contribution >= 0.6 is 23.2 Å². The maximum Gasteiger partial charge on any atom is 0.245 e. The number of carbonyl (C=O) groups is 1. The number of carbonyl (C=O) groups excluding carboxylic acids is 1. The number of rotatable bonds is 5. The van der Waals surface area contributed by atoms with Crippen molar-refractivity contribution in [3.63, 3.8) is 0 Å². The Labute approximate surface area is 164 Å². The van der Waals surface area contributed by atoms with Gasteiger partial charge in [-0.25, -0.2) is 8.42 Å². The molecule has 26 heavy (non-hydrogen) atoms. The van der Waals surface area contributed by atoms with Crippen LogP contribution in [0.2, 0.25) is 10.0 Å². The van der Waals surface area contributed by atoms with Gasteiger partial charge in [-0.3, -0.25) is 9.10 Å². The highest BCUT2D eigenvalue weighted by Gasteiger charge is 2.22. The van der Waals surface area contributed by atoms with Crippen LogP contribution in [0.1, 0.15) is 16.7 Å². The summed E-state index contributed by atoms with van der Waals surface area (Å²) in [6, 6.07) is 8.29. The van der Waals surface area contributed by atoms with Crippen LogP contribution in [-0.4, -0.2) is 27.1 Å². The summed E-state index contributed by atoms with van der Waals surface area (Å²) >= 11 is 11.9. The SMILES string of the molecule is Cc1cc(C)c(NC(=O)CN(c2cc(Cl)cc(Cl)c2)S(C)(=O)=O)c(C)c1. The zero-order valence-corrected chi connectivity index (χ0v) is 17.3. The van der Waals surface area contributed by atoms with Gasteiger partial charge >= 0.3 is 0 Å². The molecule has 0 radical (unpaired) electrons. The fourth-order valence-corrected chi connectivity index (χ4v) is 4.12. The van der Waals surface area contributed by atoms with Crippen molar-refractivity contribution in [2.75, 3.05) is 22.4 Å². The molecule has 5 nitrogen and oxygen atoms in total. The summed E-state index contributed by atoms with van der Waals surface area (Å²) in [5.41, 5.74) is 3.82. The van der Waals surface area contributed by atoms with Crippen molar-refractivity contribution in [1.82, 2.24) is 0 Å². The maximum absolute atomic E-state index is 12.5. The molecule has 0 unspecified atom stereocenters. The lowest BCUT2D eigenvalue weighted by molar-refractivity contribution is -0.114. The molecule has 0 fully saturated rings. The summed E-state index contributed by atoms with van der Waals surface area (Å²) in [7, 11) is -3.71. The van der Waals surface area contributed by atoms with E-state index in [1.54, 1.807) is 0 Å². The van der Waals surface area contributed by atoms with Gasteiger partial charge < -0.3 is 5.32 Å². The summed E-state index contributed by atoms with van der Waals surface area (Å²) < 4.78 is 25.3. The lowest BCUT2D eigenvalue weighted by atomic mass is 10.1. The average molecular weight is 415 g/mol. The summed E-state index contributed by atoms with van der Waals surface area (Å²) in [5.74, 6) is -0.457. The van der Waals surface area contributed by atoms with E-state index in [-0.39, 0.29) is 22.3 Å². The molecule has 0 aliphatic carbocycles. The van der Waals surface area contributed by atoms with Crippen molar-refractivity contribution in [2.24, 2.45) is 0 Å². The zero-order valence-electron chi connectivity index (χ0n) is 14.9. The highest BCUT2D eigenvalue weighted by Crippen LogP contribution is 2.27. The molecule has 0 aromatic heterocycles. The van der Waals surface area contributed by atoms with Crippen LogP contribution in [0.5, 0.6) is 0 Å². The number of anilines is 2. The number of aryl methyl sites for hydroxylation is 3. The fraction of sp³-hybridized carbons (Fsp3) is 0.278. The molecule has 1 amide bonds. The van der Waals surface area contributed by atoms with Gasteiger partial charge in [-0.15, -0.1) is 0 Å². The third kappa shape index (κ3) is 5.13. The molecule has 0 aliphatic rings. The van der Waals surface area contributed by atoms with Crippen molar-refractivity contribution in [1.29, 1.82) is 0 Å². The van der Waals surface area contributed by atoms with Crippen LogP contribution in [-0.2, 0) is 14.8 Å². The number of nitrogens with zero attached hydrogens (tertiary/aromatic N) is 1. The minimum atomic E-state index is -3.71. The first-order chi connectivity index (χ1) is 12.0. The summed E-state index contributed by atoms with van der Waals surface area (Å²) in [6.45, 7) is 5.36. The Balaban J connectivity index is 2.31. The number of hydrogen-bond donors (Lipinski definition) is 1. The second-order valence-electron chi connectivity index (χ2n) is 6.22. The molecule has 0 saturated carbocycles. The lowest BCUT2D eigenvalue weighted by Crippen LogP contribution is -2.37. The van der Waals surface area contributed by atoms with Crippen molar-refractivity contribution >= 4 is 50.5 Å². The molecule has 2 aromatic rings. The van der Waals surface area contributed by atoms with E-state index in [0.29, 0.717) is 5.69 Å². The third-order valence-electron chi connectivity index (χ3n) is 3.76. The third-order valence-corrected chi connectivity index (χ3v) is 5.34. The van der Waals surface area contributed by atoms with Crippen LogP contribution in [0.25, 0.3) is 0 Å². The van der Waals surface area contributed by atoms with Crippen LogP contribution in [0.4, 0.5) is 11.4 Å². The zero-order chi connectivity index (χ0) is 19.6. The van der Waals surface area contributed by atoms with E-state index < -0.39 is 15.9 Å². The van der Waals surface area contributed by atoms with Crippen molar-refractivity contribution < 1.29 is 13.2 Å². The molecule has 2 rings (SSSR count). The van der Waals surface area contributed by atoms with E-state index in [0.717, 1.165) is 27.3 Å². The molecule has 0 spiro atoms. The molecule has 140 valence electrons. The Morgan fingerprint density at radius 3 is 1.96 bits per heavy atom. The van der Waals surface area contributed by atoms with Gasteiger partial charge in [0.15, 0.2) is 0 Å². The molecule has 0 heterocycles. The summed E-state index contributed by atoms with van der Waals surface area (Å²) in [4.78, 5) is 12.5. The van der Waals surface area contributed by atoms with E-state index in [1.807, 2.05) is 32.9 Å². The number of sulfonamides is 1. The molecular formula is C18H20Cl2N2O3S. The monoisotopic (exact) mass is 414 g/mol. The molecule has 0 saturated heterocycles. The van der Waals surface area contributed by atoms with Crippen molar-refractivity contribution in [3.8, 4) is 0 Å². The Bertz CT molecular complexity index is 916. The van der Waals surface area contributed by atoms with Gasteiger partial charge in [-0.2, -0.15) is 0 Å². The molecule has 1 N–H and O–H groups in total. The van der Waals surface area contributed by atoms with Gasteiger partial charge in [0.1, 0.15) is 6.54 Å². The van der Waals surface area contributed by atoms with Gasteiger partial charge in [-0.05, 0) is 50.1 Å². The van der Waals surface area contributed by atoms with Gasteiger partial charge in [0.05, 0.1) is 11.9 Å². The topological polar surface area (TPSA) is 66.5 Å². The lowest BCUT2D eigenvalue weighted by Gasteiger charge is -2.23. The van der Waals surface area contributed by atoms with Gasteiger partial charge in [0, 0.05) is 15.7 Å². The number of nitrogens with one attached hydrogen (secondary N) is 1. The number of hydrogen-bond acceptors (Lipinski definition) is 3. The Hall–Kier alpha value is -1.76. The smallest absolute Gasteiger partial charge is 0.245 e. The van der Waals surface area contributed by atoms with Crippen LogP contribution in [0.15, 0.2) is 30.3 Å². The summed E-state index contributed by atoms with van der Waals surface area (Å²) in [6.07, 6.45) is 1.03. The minimum absolute atomic E-state index is 0.234. The highest BCUT2D eigenvalue weighted by molar-refractivity contribution is 7.92. The first kappa shape index (κ1) is 20.6. The average Bonchev–Trinajstić information content (AvgIpc) is 2.46. The largest absolute Gasteiger partial charge is 0.324 e. The predicted molar refractivity (Wildman–Crippen MR) is 108 cm³/mol. The van der Waals surface area contributed by atoms with E-state index in [1.165, 1.54) is 18.2 Å². The molecule has 2 aromatic carbocycles. The minimum Gasteiger partial charge on any atom is -0.324 e. The second kappa shape index (κ2) is 7.86. The van der Waals surface area contributed by atoms with E-state index in [9.17, 15) is 13.2 Å². The molecule has 0 aliphatic heterocycles. The second-order valence-corrected chi connectivity index (χ2v) is 9.00. The van der Waals surface area contributed by atoms with Crippen molar-refractivity contribution in [2.45, 2.75) is 20.8 Å². The Morgan fingerprint density at radius 2 is 1.50 bits per heavy atom. The maximum atomic E-state index is 12.5. The Kier molecular flexibility index (Phi) is 6.21. The standard InChI is InChI=1S/C18H20Cl2N2O3S/c1-11-5-12(2)18(13(3)6-11)21-17(23)10-22(26(4,24)25)16-8-14(19)7-15(20)9-16/h5-9H,10H2,1-4H3,(H,21,23). The number of benzene rings is 2. The molecule has 0 atom stereocenters. The molecule has 0 bridgehead atoms. The Morgan fingerprint density at radius 1 is 1.00 bits per heavy atom. The van der Waals surface area contributed by atoms with Crippen LogP contribution in [0.3, 0.4) is 0 Å². The summed E-state index contributed by atoms with van der Waals surface area (Å²) in [5, 5.41) is 3.36. The van der Waals surface area contributed by atoms with Gasteiger partial charge in [0.2, 0.25) is 15.9 Å².